The molecule has 19 heavy (non-hydrogen) atoms. The molecule has 1 unspecified atom stereocenters. The maximum absolute atomic E-state index is 13.5. The molecule has 1 aromatic carbocycles. The predicted molar refractivity (Wildman–Crippen MR) is 67.8 cm³/mol. The van der Waals surface area contributed by atoms with Crippen molar-refractivity contribution >= 4 is 25.5 Å². The Balaban J connectivity index is 2.27. The summed E-state index contributed by atoms with van der Waals surface area (Å²) in [6, 6.07) is 2.27. The van der Waals surface area contributed by atoms with Gasteiger partial charge in [0.2, 0.25) is 10.0 Å². The Morgan fingerprint density at radius 1 is 1.37 bits per heavy atom. The number of hydrogen-bond donors (Lipinski definition) is 2. The highest BCUT2D eigenvalue weighted by Crippen LogP contribution is 2.18. The van der Waals surface area contributed by atoms with Crippen molar-refractivity contribution in [3.05, 3.63) is 35.5 Å². The van der Waals surface area contributed by atoms with Crippen LogP contribution < -0.4 is 10.5 Å². The fraction of sp³-hybridized carbons (Fsp3) is 0.200. The van der Waals surface area contributed by atoms with E-state index < -0.39 is 36.6 Å². The molecule has 9 heteroatoms. The molecule has 1 heterocycles. The minimum absolute atomic E-state index is 0.0970. The Bertz CT molecular complexity index is 741. The summed E-state index contributed by atoms with van der Waals surface area (Å²) in [5, 5.41) is 0.930. The predicted octanol–water partition coefficient (Wildman–Crippen LogP) is -0.00310. The molecule has 0 saturated heterocycles. The molecule has 0 amide bonds. The molecule has 2 rings (SSSR count). The van der Waals surface area contributed by atoms with Crippen LogP contribution in [-0.4, -0.2) is 28.6 Å². The van der Waals surface area contributed by atoms with Gasteiger partial charge in [0.25, 0.3) is 0 Å². The monoisotopic (exact) mass is 306 g/mol. The normalized spacial score (nSPS) is 21.6. The lowest BCUT2D eigenvalue weighted by Crippen LogP contribution is -2.35. The summed E-state index contributed by atoms with van der Waals surface area (Å²) in [6.45, 7) is 0. The van der Waals surface area contributed by atoms with Crippen LogP contribution in [0.2, 0.25) is 0 Å². The number of nitrogens with one attached hydrogen (secondary N) is 1. The van der Waals surface area contributed by atoms with Gasteiger partial charge in [0.15, 0.2) is 9.84 Å². The van der Waals surface area contributed by atoms with Crippen molar-refractivity contribution in [3.63, 3.8) is 0 Å². The average molecular weight is 306 g/mol. The second-order valence-electron chi connectivity index (χ2n) is 4.08. The Kier molecular flexibility index (Phi) is 3.37. The summed E-state index contributed by atoms with van der Waals surface area (Å²) in [7, 11) is -7.53. The Labute approximate surface area is 110 Å². The largest absolute Gasteiger partial charge is 0.399 e. The molecule has 1 aromatic rings. The van der Waals surface area contributed by atoms with Gasteiger partial charge in [-0.1, -0.05) is 6.08 Å². The van der Waals surface area contributed by atoms with Gasteiger partial charge in [0.05, 0.1) is 11.8 Å². The summed E-state index contributed by atoms with van der Waals surface area (Å²) in [4.78, 5) is -0.570. The van der Waals surface area contributed by atoms with Crippen molar-refractivity contribution < 1.29 is 21.2 Å². The third kappa shape index (κ3) is 3.11. The lowest BCUT2D eigenvalue weighted by atomic mass is 10.3. The molecule has 0 saturated carbocycles. The lowest BCUT2D eigenvalue weighted by molar-refractivity contribution is 0.553. The van der Waals surface area contributed by atoms with Crippen LogP contribution in [0.1, 0.15) is 0 Å². The summed E-state index contributed by atoms with van der Waals surface area (Å²) >= 11 is 0. The molecule has 104 valence electrons. The zero-order valence-electron chi connectivity index (χ0n) is 9.58. The van der Waals surface area contributed by atoms with Crippen molar-refractivity contribution in [1.29, 1.82) is 0 Å². The van der Waals surface area contributed by atoms with E-state index in [2.05, 4.69) is 4.72 Å². The van der Waals surface area contributed by atoms with Crippen molar-refractivity contribution in [2.24, 2.45) is 0 Å². The number of nitrogen functional groups attached to an aromatic ring is 1. The summed E-state index contributed by atoms with van der Waals surface area (Å²) in [6.07, 6.45) is 1.21. The summed E-state index contributed by atoms with van der Waals surface area (Å²) in [5.74, 6) is -1.36. The summed E-state index contributed by atoms with van der Waals surface area (Å²) < 4.78 is 61.8. The lowest BCUT2D eigenvalue weighted by Gasteiger charge is -2.11. The Morgan fingerprint density at radius 2 is 2.05 bits per heavy atom. The third-order valence-electron chi connectivity index (χ3n) is 2.48. The molecule has 0 spiro atoms. The van der Waals surface area contributed by atoms with Gasteiger partial charge in [-0.15, -0.1) is 0 Å². The maximum atomic E-state index is 13.5. The van der Waals surface area contributed by atoms with Gasteiger partial charge in [-0.2, -0.15) is 0 Å². The summed E-state index contributed by atoms with van der Waals surface area (Å²) in [5.41, 5.74) is 5.42. The number of hydrogen-bond acceptors (Lipinski definition) is 5. The van der Waals surface area contributed by atoms with Gasteiger partial charge in [-0.3, -0.25) is 0 Å². The molecule has 3 N–H and O–H groups in total. The first-order valence-corrected chi connectivity index (χ1v) is 8.38. The number of benzene rings is 1. The standard InChI is InChI=1S/C10H11FN2O4S2/c11-9-5-7(12)1-2-10(9)19(16,17)13-8-3-4-18(14,15)6-8/h1-5,8,13H,6,12H2. The van der Waals surface area contributed by atoms with E-state index in [1.54, 1.807) is 0 Å². The highest BCUT2D eigenvalue weighted by molar-refractivity contribution is 7.94. The van der Waals surface area contributed by atoms with Crippen molar-refractivity contribution in [2.75, 3.05) is 11.5 Å². The minimum Gasteiger partial charge on any atom is -0.399 e. The Hall–Kier alpha value is -1.45. The fourth-order valence-electron chi connectivity index (χ4n) is 1.65. The zero-order valence-corrected chi connectivity index (χ0v) is 11.2. The highest BCUT2D eigenvalue weighted by Gasteiger charge is 2.28. The van der Waals surface area contributed by atoms with Crippen molar-refractivity contribution in [2.45, 2.75) is 10.9 Å². The van der Waals surface area contributed by atoms with E-state index in [-0.39, 0.29) is 11.4 Å². The van der Waals surface area contributed by atoms with Crippen molar-refractivity contribution in [3.8, 4) is 0 Å². The number of halogens is 1. The Morgan fingerprint density at radius 3 is 2.58 bits per heavy atom. The van der Waals surface area contributed by atoms with Crippen molar-refractivity contribution in [1.82, 2.24) is 4.72 Å². The van der Waals surface area contributed by atoms with Crippen LogP contribution in [0.5, 0.6) is 0 Å². The van der Waals surface area contributed by atoms with E-state index in [1.807, 2.05) is 0 Å². The smallest absolute Gasteiger partial charge is 0.244 e. The average Bonchev–Trinajstić information content (AvgIpc) is 2.56. The quantitative estimate of drug-likeness (QED) is 0.764. The van der Waals surface area contributed by atoms with E-state index >= 15 is 0 Å². The molecule has 0 fully saturated rings. The number of nitrogens with two attached hydrogens (primary N) is 1. The van der Waals surface area contributed by atoms with E-state index in [4.69, 9.17) is 5.73 Å². The molecule has 1 aliphatic rings. The van der Waals surface area contributed by atoms with Gasteiger partial charge in [0.1, 0.15) is 10.7 Å². The van der Waals surface area contributed by atoms with E-state index in [9.17, 15) is 21.2 Å². The van der Waals surface area contributed by atoms with Gasteiger partial charge < -0.3 is 5.73 Å². The van der Waals surface area contributed by atoms with Crippen LogP contribution in [0.25, 0.3) is 0 Å². The minimum atomic E-state index is -4.14. The second kappa shape index (κ2) is 4.58. The molecule has 1 aliphatic heterocycles. The second-order valence-corrected chi connectivity index (χ2v) is 7.69. The molecule has 0 aromatic heterocycles. The third-order valence-corrected chi connectivity index (χ3v) is 5.40. The van der Waals surface area contributed by atoms with Gasteiger partial charge in [-0.25, -0.2) is 25.9 Å². The van der Waals surface area contributed by atoms with Crippen LogP contribution in [-0.2, 0) is 19.9 Å². The molecular formula is C10H11FN2O4S2. The van der Waals surface area contributed by atoms with E-state index in [0.717, 1.165) is 17.5 Å². The van der Waals surface area contributed by atoms with E-state index in [0.29, 0.717) is 0 Å². The first-order valence-electron chi connectivity index (χ1n) is 5.18. The fourth-order valence-corrected chi connectivity index (χ4v) is 4.24. The maximum Gasteiger partial charge on any atom is 0.244 e. The zero-order chi connectivity index (χ0) is 14.3. The first kappa shape index (κ1) is 14.0. The molecule has 0 bridgehead atoms. The van der Waals surface area contributed by atoms with Crippen LogP contribution in [0.4, 0.5) is 10.1 Å². The molecular weight excluding hydrogens is 295 g/mol. The van der Waals surface area contributed by atoms with Crippen LogP contribution >= 0.6 is 0 Å². The number of sulfonamides is 1. The SMILES string of the molecule is Nc1ccc(S(=O)(=O)NC2C=CS(=O)(=O)C2)c(F)c1. The first-order chi connectivity index (χ1) is 8.70. The number of anilines is 1. The van der Waals surface area contributed by atoms with Crippen LogP contribution in [0, 0.1) is 5.82 Å². The van der Waals surface area contributed by atoms with Gasteiger partial charge in [0, 0.05) is 11.1 Å². The van der Waals surface area contributed by atoms with Gasteiger partial charge in [-0.05, 0) is 18.2 Å². The molecule has 6 nitrogen and oxygen atoms in total. The van der Waals surface area contributed by atoms with Crippen LogP contribution in [0.3, 0.4) is 0 Å². The molecule has 0 radical (unpaired) electrons. The van der Waals surface area contributed by atoms with Gasteiger partial charge >= 0.3 is 0 Å². The molecule has 1 atom stereocenters. The van der Waals surface area contributed by atoms with E-state index in [1.165, 1.54) is 12.1 Å². The molecule has 0 aliphatic carbocycles. The number of rotatable bonds is 3. The highest BCUT2D eigenvalue weighted by atomic mass is 32.2. The van der Waals surface area contributed by atoms with Crippen LogP contribution in [0.15, 0.2) is 34.6 Å². The number of sulfone groups is 1. The topological polar surface area (TPSA) is 106 Å².